The summed E-state index contributed by atoms with van der Waals surface area (Å²) in [6.07, 6.45) is 1.99. The van der Waals surface area contributed by atoms with E-state index in [4.69, 9.17) is 4.74 Å². The summed E-state index contributed by atoms with van der Waals surface area (Å²) < 4.78 is 19.6. The van der Waals surface area contributed by atoms with Crippen molar-refractivity contribution in [2.75, 3.05) is 26.8 Å². The van der Waals surface area contributed by atoms with Gasteiger partial charge in [-0.2, -0.15) is 0 Å². The van der Waals surface area contributed by atoms with Gasteiger partial charge in [0.15, 0.2) is 5.65 Å². The molecule has 1 aliphatic heterocycles. The van der Waals surface area contributed by atoms with Crippen LogP contribution in [0.25, 0.3) is 16.8 Å². The van der Waals surface area contributed by atoms with Gasteiger partial charge in [-0.1, -0.05) is 12.1 Å². The predicted molar refractivity (Wildman–Crippen MR) is 97.0 cm³/mol. The van der Waals surface area contributed by atoms with E-state index in [1.54, 1.807) is 30.3 Å². The quantitative estimate of drug-likeness (QED) is 0.743. The molecular weight excluding hydrogens is 351 g/mol. The molecule has 0 aliphatic carbocycles. The molecule has 1 N–H and O–H groups in total. The van der Waals surface area contributed by atoms with Gasteiger partial charge in [0.2, 0.25) is 5.91 Å². The van der Waals surface area contributed by atoms with Gasteiger partial charge in [0.05, 0.1) is 12.3 Å². The molecule has 27 heavy (non-hydrogen) atoms. The van der Waals surface area contributed by atoms with Gasteiger partial charge < -0.3 is 9.64 Å². The average molecular weight is 370 g/mol. The number of benzene rings is 1. The number of ether oxygens (including phenoxy) is 1. The molecular formula is C19H19FN4O3. The van der Waals surface area contributed by atoms with E-state index in [9.17, 15) is 14.0 Å². The fourth-order valence-corrected chi connectivity index (χ4v) is 3.44. The molecule has 0 radical (unpaired) electrons. The van der Waals surface area contributed by atoms with Crippen LogP contribution in [0.3, 0.4) is 0 Å². The molecule has 1 amide bonds. The lowest BCUT2D eigenvalue weighted by atomic mass is 10.0. The summed E-state index contributed by atoms with van der Waals surface area (Å²) >= 11 is 0. The number of H-pyrrole nitrogens is 1. The van der Waals surface area contributed by atoms with Crippen molar-refractivity contribution >= 4 is 11.6 Å². The van der Waals surface area contributed by atoms with Crippen molar-refractivity contribution in [2.45, 2.75) is 12.3 Å². The van der Waals surface area contributed by atoms with E-state index in [2.05, 4.69) is 10.1 Å². The second-order valence-electron chi connectivity index (χ2n) is 6.61. The summed E-state index contributed by atoms with van der Waals surface area (Å²) in [6, 6.07) is 7.48. The van der Waals surface area contributed by atoms with Gasteiger partial charge in [0.25, 0.3) is 5.56 Å². The number of fused-ring (bicyclic) bond motifs is 1. The molecule has 1 fully saturated rings. The molecule has 7 nitrogen and oxygen atoms in total. The molecule has 3 aromatic rings. The number of aromatic nitrogens is 3. The number of methoxy groups -OCH3 is 1. The molecule has 0 bridgehead atoms. The maximum absolute atomic E-state index is 13.2. The molecule has 1 unspecified atom stereocenters. The molecule has 4 rings (SSSR count). The third-order valence-corrected chi connectivity index (χ3v) is 4.87. The number of hydrogen-bond acceptors (Lipinski definition) is 4. The van der Waals surface area contributed by atoms with Crippen LogP contribution in [-0.2, 0) is 9.53 Å². The summed E-state index contributed by atoms with van der Waals surface area (Å²) in [5, 5.41) is 2.89. The van der Waals surface area contributed by atoms with E-state index in [-0.39, 0.29) is 23.2 Å². The van der Waals surface area contributed by atoms with Crippen molar-refractivity contribution in [1.29, 1.82) is 0 Å². The second-order valence-corrected chi connectivity index (χ2v) is 6.61. The average Bonchev–Trinajstić information content (AvgIpc) is 3.25. The molecule has 2 aromatic heterocycles. The van der Waals surface area contributed by atoms with Crippen molar-refractivity contribution in [2.24, 2.45) is 0 Å². The highest BCUT2D eigenvalue weighted by molar-refractivity contribution is 5.80. The van der Waals surface area contributed by atoms with E-state index in [1.165, 1.54) is 22.7 Å². The number of aromatic amines is 1. The number of amides is 1. The fourth-order valence-electron chi connectivity index (χ4n) is 3.44. The Bertz CT molecular complexity index is 1040. The first-order valence-corrected chi connectivity index (χ1v) is 8.70. The summed E-state index contributed by atoms with van der Waals surface area (Å²) in [5.74, 6) is -0.431. The monoisotopic (exact) mass is 370 g/mol. The third-order valence-electron chi connectivity index (χ3n) is 4.87. The van der Waals surface area contributed by atoms with E-state index >= 15 is 0 Å². The Morgan fingerprint density at radius 1 is 1.30 bits per heavy atom. The van der Waals surface area contributed by atoms with E-state index in [1.807, 2.05) is 0 Å². The number of carbonyl (C=O) groups is 1. The van der Waals surface area contributed by atoms with E-state index in [0.29, 0.717) is 43.0 Å². The Morgan fingerprint density at radius 2 is 2.07 bits per heavy atom. The molecule has 1 aliphatic rings. The van der Waals surface area contributed by atoms with E-state index in [0.717, 1.165) is 5.56 Å². The van der Waals surface area contributed by atoms with Gasteiger partial charge in [0, 0.05) is 50.4 Å². The minimum Gasteiger partial charge on any atom is -0.383 e. The lowest BCUT2D eigenvalue weighted by Gasteiger charge is -2.15. The summed E-state index contributed by atoms with van der Waals surface area (Å²) in [7, 11) is 1.59. The Hall–Kier alpha value is -3.00. The molecule has 0 spiro atoms. The summed E-state index contributed by atoms with van der Waals surface area (Å²) in [6.45, 7) is 1.51. The highest BCUT2D eigenvalue weighted by Gasteiger charge is 2.32. The van der Waals surface area contributed by atoms with Crippen molar-refractivity contribution in [3.63, 3.8) is 0 Å². The molecule has 1 saturated heterocycles. The Balaban J connectivity index is 1.71. The van der Waals surface area contributed by atoms with Gasteiger partial charge in [-0.15, -0.1) is 0 Å². The van der Waals surface area contributed by atoms with E-state index < -0.39 is 0 Å². The number of nitrogens with one attached hydrogen (secondary N) is 1. The standard InChI is InChI=1S/C19H19FN4O3/c1-27-7-6-23-11-13(8-17(23)25)16-9-18(26)24-19(22-16)15(10-21-24)12-2-4-14(20)5-3-12/h2-5,9-10,13,21H,6-8,11H2,1H3. The van der Waals surface area contributed by atoms with Crippen molar-refractivity contribution < 1.29 is 13.9 Å². The summed E-state index contributed by atoms with van der Waals surface area (Å²) in [4.78, 5) is 31.1. The lowest BCUT2D eigenvalue weighted by Crippen LogP contribution is -2.28. The van der Waals surface area contributed by atoms with Crippen LogP contribution in [0.1, 0.15) is 18.0 Å². The van der Waals surface area contributed by atoms with Gasteiger partial charge in [-0.05, 0) is 17.7 Å². The molecule has 3 heterocycles. The maximum atomic E-state index is 13.2. The van der Waals surface area contributed by atoms with Crippen molar-refractivity contribution in [3.05, 3.63) is 58.4 Å². The number of halogens is 1. The zero-order chi connectivity index (χ0) is 19.0. The minimum atomic E-state index is -0.329. The Morgan fingerprint density at radius 3 is 2.81 bits per heavy atom. The van der Waals surface area contributed by atoms with Crippen LogP contribution >= 0.6 is 0 Å². The molecule has 140 valence electrons. The third kappa shape index (κ3) is 3.23. The maximum Gasteiger partial charge on any atom is 0.272 e. The van der Waals surface area contributed by atoms with Crippen LogP contribution < -0.4 is 5.56 Å². The van der Waals surface area contributed by atoms with Gasteiger partial charge in [-0.25, -0.2) is 13.9 Å². The normalized spacial score (nSPS) is 17.2. The topological polar surface area (TPSA) is 79.7 Å². The molecule has 1 atom stereocenters. The number of rotatable bonds is 5. The Labute approximate surface area is 154 Å². The number of hydrogen-bond donors (Lipinski definition) is 1. The zero-order valence-corrected chi connectivity index (χ0v) is 14.8. The minimum absolute atomic E-state index is 0.0341. The smallest absolute Gasteiger partial charge is 0.272 e. The first-order chi connectivity index (χ1) is 13.1. The van der Waals surface area contributed by atoms with Crippen LogP contribution in [0.4, 0.5) is 4.39 Å². The first-order valence-electron chi connectivity index (χ1n) is 8.70. The summed E-state index contributed by atoms with van der Waals surface area (Å²) in [5.41, 5.74) is 2.27. The molecule has 0 saturated carbocycles. The van der Waals surface area contributed by atoms with Gasteiger partial charge in [0.1, 0.15) is 5.82 Å². The molecule has 1 aromatic carbocycles. The Kier molecular flexibility index (Phi) is 4.49. The predicted octanol–water partition coefficient (Wildman–Crippen LogP) is 1.79. The number of likely N-dealkylation sites (tertiary alicyclic amines) is 1. The van der Waals surface area contributed by atoms with Crippen molar-refractivity contribution in [3.8, 4) is 11.1 Å². The van der Waals surface area contributed by atoms with Crippen LogP contribution in [0.15, 0.2) is 41.3 Å². The SMILES string of the molecule is COCCN1CC(c2cc(=O)n3[nH]cc(-c4ccc(F)cc4)c3n2)CC1=O. The number of carbonyl (C=O) groups excluding carboxylic acids is 1. The van der Waals surface area contributed by atoms with Crippen LogP contribution in [0.2, 0.25) is 0 Å². The fraction of sp³-hybridized carbons (Fsp3) is 0.316. The van der Waals surface area contributed by atoms with Crippen LogP contribution in [-0.4, -0.2) is 52.2 Å². The molecule has 8 heteroatoms. The van der Waals surface area contributed by atoms with Crippen LogP contribution in [0, 0.1) is 5.82 Å². The van der Waals surface area contributed by atoms with Crippen LogP contribution in [0.5, 0.6) is 0 Å². The number of nitrogens with zero attached hydrogens (tertiary/aromatic N) is 3. The van der Waals surface area contributed by atoms with Crippen molar-refractivity contribution in [1.82, 2.24) is 19.5 Å². The van der Waals surface area contributed by atoms with Gasteiger partial charge >= 0.3 is 0 Å². The van der Waals surface area contributed by atoms with Gasteiger partial charge in [-0.3, -0.25) is 14.7 Å². The largest absolute Gasteiger partial charge is 0.383 e. The first kappa shape index (κ1) is 17.4. The highest BCUT2D eigenvalue weighted by atomic mass is 19.1. The second kappa shape index (κ2) is 6.96. The highest BCUT2D eigenvalue weighted by Crippen LogP contribution is 2.28. The zero-order valence-electron chi connectivity index (χ0n) is 14.8. The lowest BCUT2D eigenvalue weighted by molar-refractivity contribution is -0.128.